The lowest BCUT2D eigenvalue weighted by atomic mass is 10.2. The van der Waals surface area contributed by atoms with Crippen LogP contribution in [0.25, 0.3) is 6.08 Å². The summed E-state index contributed by atoms with van der Waals surface area (Å²) in [4.78, 5) is 2.61. The zero-order chi connectivity index (χ0) is 13.5. The van der Waals surface area contributed by atoms with Gasteiger partial charge in [0.2, 0.25) is 9.84 Å². The second-order valence-corrected chi connectivity index (χ2v) is 6.66. The Morgan fingerprint density at radius 1 is 1.26 bits per heavy atom. The third-order valence-corrected chi connectivity index (χ3v) is 5.34. The van der Waals surface area contributed by atoms with Gasteiger partial charge in [0, 0.05) is 25.2 Å². The van der Waals surface area contributed by atoms with E-state index in [0.717, 1.165) is 13.1 Å². The van der Waals surface area contributed by atoms with E-state index in [9.17, 15) is 13.5 Å². The normalized spacial score (nSPS) is 22.0. The van der Waals surface area contributed by atoms with E-state index in [0.29, 0.717) is 30.2 Å². The Balaban J connectivity index is 1.92. The number of hydrogen-bond donors (Lipinski definition) is 1. The number of rotatable bonds is 2. The van der Waals surface area contributed by atoms with Gasteiger partial charge >= 0.3 is 0 Å². The molecule has 0 saturated carbocycles. The van der Waals surface area contributed by atoms with E-state index >= 15 is 0 Å². The van der Waals surface area contributed by atoms with Crippen molar-refractivity contribution in [1.82, 2.24) is 4.90 Å². The molecular weight excluding hydrogens is 266 g/mol. The SMILES string of the molecule is O=S1(=O)C(CN2CCOCC2)=Cc2c(O)cccc21. The summed E-state index contributed by atoms with van der Waals surface area (Å²) in [6.07, 6.45) is 1.58. The van der Waals surface area contributed by atoms with Crippen LogP contribution >= 0.6 is 0 Å². The lowest BCUT2D eigenvalue weighted by Crippen LogP contribution is -2.38. The molecule has 0 unspecified atom stereocenters. The van der Waals surface area contributed by atoms with Crippen LogP contribution in [0.1, 0.15) is 5.56 Å². The summed E-state index contributed by atoms with van der Waals surface area (Å²) in [5.41, 5.74) is 0.408. The average molecular weight is 281 g/mol. The molecule has 0 aromatic heterocycles. The Morgan fingerprint density at radius 3 is 2.68 bits per heavy atom. The Kier molecular flexibility index (Phi) is 3.08. The number of morpholine rings is 1. The van der Waals surface area contributed by atoms with Gasteiger partial charge in [0.1, 0.15) is 5.75 Å². The van der Waals surface area contributed by atoms with Gasteiger partial charge < -0.3 is 9.84 Å². The number of aromatic hydroxyl groups is 1. The molecule has 6 heteroatoms. The summed E-state index contributed by atoms with van der Waals surface area (Å²) >= 11 is 0. The predicted octanol–water partition coefficient (Wildman–Crippen LogP) is 0.853. The number of phenols is 1. The molecule has 19 heavy (non-hydrogen) atoms. The van der Waals surface area contributed by atoms with Crippen LogP contribution in [0.15, 0.2) is 28.0 Å². The lowest BCUT2D eigenvalue weighted by molar-refractivity contribution is 0.0430. The van der Waals surface area contributed by atoms with Gasteiger partial charge in [-0.25, -0.2) is 8.42 Å². The van der Waals surface area contributed by atoms with Gasteiger partial charge in [-0.1, -0.05) is 6.07 Å². The smallest absolute Gasteiger partial charge is 0.204 e. The largest absolute Gasteiger partial charge is 0.507 e. The van der Waals surface area contributed by atoms with Crippen LogP contribution in [0.4, 0.5) is 0 Å². The molecule has 1 N–H and O–H groups in total. The lowest BCUT2D eigenvalue weighted by Gasteiger charge is -2.26. The van der Waals surface area contributed by atoms with Crippen LogP contribution in [0, 0.1) is 0 Å². The number of nitrogens with zero attached hydrogens (tertiary/aromatic N) is 1. The van der Waals surface area contributed by atoms with Crippen molar-refractivity contribution in [2.45, 2.75) is 4.90 Å². The molecule has 0 spiro atoms. The first-order valence-electron chi connectivity index (χ1n) is 6.17. The molecule has 0 amide bonds. The van der Waals surface area contributed by atoms with Gasteiger partial charge in [0.25, 0.3) is 0 Å². The number of ether oxygens (including phenoxy) is 1. The first-order chi connectivity index (χ1) is 9.09. The maximum Gasteiger partial charge on any atom is 0.204 e. The molecule has 2 heterocycles. The molecule has 3 rings (SSSR count). The number of phenolic OH excluding ortho intramolecular Hbond substituents is 1. The molecule has 1 fully saturated rings. The van der Waals surface area contributed by atoms with E-state index < -0.39 is 9.84 Å². The quantitative estimate of drug-likeness (QED) is 0.870. The Labute approximate surface area is 112 Å². The van der Waals surface area contributed by atoms with E-state index in [-0.39, 0.29) is 10.6 Å². The minimum absolute atomic E-state index is 0.0121. The molecule has 1 saturated heterocycles. The zero-order valence-corrected chi connectivity index (χ0v) is 11.2. The van der Waals surface area contributed by atoms with E-state index in [2.05, 4.69) is 4.90 Å². The highest BCUT2D eigenvalue weighted by molar-refractivity contribution is 7.95. The van der Waals surface area contributed by atoms with Gasteiger partial charge in [-0.2, -0.15) is 0 Å². The number of fused-ring (bicyclic) bond motifs is 1. The third-order valence-electron chi connectivity index (χ3n) is 3.47. The van der Waals surface area contributed by atoms with Crippen LogP contribution in [0.2, 0.25) is 0 Å². The summed E-state index contributed by atoms with van der Waals surface area (Å²) in [5, 5.41) is 9.74. The summed E-state index contributed by atoms with van der Waals surface area (Å²) in [6.45, 7) is 3.10. The number of benzene rings is 1. The standard InChI is InChI=1S/C13H15NO4S/c15-12-2-1-3-13-11(12)8-10(19(13,16)17)9-14-4-6-18-7-5-14/h1-3,8,15H,4-7,9H2. The molecule has 0 bridgehead atoms. The van der Waals surface area contributed by atoms with Gasteiger partial charge in [-0.3, -0.25) is 4.90 Å². The van der Waals surface area contributed by atoms with E-state index in [1.807, 2.05) is 0 Å². The van der Waals surface area contributed by atoms with E-state index in [1.165, 1.54) is 12.1 Å². The zero-order valence-electron chi connectivity index (χ0n) is 10.4. The summed E-state index contributed by atoms with van der Waals surface area (Å²) in [5.74, 6) is 0.0121. The highest BCUT2D eigenvalue weighted by Crippen LogP contribution is 2.37. The fourth-order valence-electron chi connectivity index (χ4n) is 2.40. The highest BCUT2D eigenvalue weighted by Gasteiger charge is 2.32. The van der Waals surface area contributed by atoms with Crippen LogP contribution in [-0.2, 0) is 14.6 Å². The minimum Gasteiger partial charge on any atom is -0.507 e. The first-order valence-corrected chi connectivity index (χ1v) is 7.65. The third kappa shape index (κ3) is 2.16. The molecule has 2 aliphatic rings. The molecule has 0 aliphatic carbocycles. The van der Waals surface area contributed by atoms with Crippen molar-refractivity contribution in [3.05, 3.63) is 28.7 Å². The molecule has 1 aromatic carbocycles. The van der Waals surface area contributed by atoms with Crippen LogP contribution in [-0.4, -0.2) is 51.3 Å². The topological polar surface area (TPSA) is 66.8 Å². The van der Waals surface area contributed by atoms with Crippen LogP contribution in [0.3, 0.4) is 0 Å². The van der Waals surface area contributed by atoms with E-state index in [1.54, 1.807) is 12.1 Å². The Hall–Kier alpha value is -1.37. The molecule has 0 radical (unpaired) electrons. The van der Waals surface area contributed by atoms with Gasteiger partial charge in [-0.15, -0.1) is 0 Å². The second-order valence-electron chi connectivity index (χ2n) is 4.69. The van der Waals surface area contributed by atoms with Crippen molar-refractivity contribution in [3.8, 4) is 5.75 Å². The van der Waals surface area contributed by atoms with E-state index in [4.69, 9.17) is 4.74 Å². The summed E-state index contributed by atoms with van der Waals surface area (Å²) in [7, 11) is -3.45. The highest BCUT2D eigenvalue weighted by atomic mass is 32.2. The van der Waals surface area contributed by atoms with Crippen molar-refractivity contribution in [3.63, 3.8) is 0 Å². The maximum atomic E-state index is 12.4. The van der Waals surface area contributed by atoms with Crippen molar-refractivity contribution in [1.29, 1.82) is 0 Å². The fraction of sp³-hybridized carbons (Fsp3) is 0.385. The van der Waals surface area contributed by atoms with Gasteiger partial charge in [0.15, 0.2) is 0 Å². The molecule has 2 aliphatic heterocycles. The number of sulfone groups is 1. The maximum absolute atomic E-state index is 12.4. The Bertz CT molecular complexity index is 630. The summed E-state index contributed by atoms with van der Waals surface area (Å²) < 4.78 is 30.0. The molecule has 0 atom stereocenters. The first kappa shape index (κ1) is 12.7. The summed E-state index contributed by atoms with van der Waals surface area (Å²) in [6, 6.07) is 4.59. The molecular formula is C13H15NO4S. The van der Waals surface area contributed by atoms with Crippen molar-refractivity contribution in [2.75, 3.05) is 32.8 Å². The molecule has 102 valence electrons. The van der Waals surface area contributed by atoms with Crippen molar-refractivity contribution < 1.29 is 18.3 Å². The van der Waals surface area contributed by atoms with Gasteiger partial charge in [0.05, 0.1) is 23.0 Å². The minimum atomic E-state index is -3.45. The van der Waals surface area contributed by atoms with Gasteiger partial charge in [-0.05, 0) is 18.2 Å². The fourth-order valence-corrected chi connectivity index (χ4v) is 4.02. The molecule has 1 aromatic rings. The molecule has 5 nitrogen and oxygen atoms in total. The second kappa shape index (κ2) is 4.63. The van der Waals surface area contributed by atoms with Crippen molar-refractivity contribution >= 4 is 15.9 Å². The predicted molar refractivity (Wildman–Crippen MR) is 70.5 cm³/mol. The van der Waals surface area contributed by atoms with Crippen LogP contribution in [0.5, 0.6) is 5.75 Å². The van der Waals surface area contributed by atoms with Crippen LogP contribution < -0.4 is 0 Å². The van der Waals surface area contributed by atoms with Crippen molar-refractivity contribution in [2.24, 2.45) is 0 Å². The monoisotopic (exact) mass is 281 g/mol. The number of hydrogen-bond acceptors (Lipinski definition) is 5. The average Bonchev–Trinajstić information content (AvgIpc) is 2.65. The Morgan fingerprint density at radius 2 is 2.00 bits per heavy atom.